The maximum absolute atomic E-state index is 13.5. The first kappa shape index (κ1) is 20.0. The van der Waals surface area contributed by atoms with Crippen molar-refractivity contribution in [3.8, 4) is 0 Å². The lowest BCUT2D eigenvalue weighted by atomic mass is 9.72. The van der Waals surface area contributed by atoms with Crippen molar-refractivity contribution in [1.29, 1.82) is 0 Å². The number of nitrogens with zero attached hydrogens (tertiary/aromatic N) is 2. The highest BCUT2D eigenvalue weighted by molar-refractivity contribution is 5.96. The van der Waals surface area contributed by atoms with E-state index >= 15 is 0 Å². The zero-order valence-corrected chi connectivity index (χ0v) is 18.0. The van der Waals surface area contributed by atoms with Crippen LogP contribution in [0.15, 0.2) is 24.4 Å². The number of likely N-dealkylation sites (N-methyl/N-ethyl adjacent to an activating group) is 1. The summed E-state index contributed by atoms with van der Waals surface area (Å²) in [6.45, 7) is 8.32. The summed E-state index contributed by atoms with van der Waals surface area (Å²) in [6, 6.07) is 6.36. The third-order valence-corrected chi connectivity index (χ3v) is 6.46. The second-order valence-electron chi connectivity index (χ2n) is 9.24. The van der Waals surface area contributed by atoms with Gasteiger partial charge in [-0.05, 0) is 64.8 Å². The van der Waals surface area contributed by atoms with E-state index in [0.717, 1.165) is 12.8 Å². The minimum Gasteiger partial charge on any atom is -0.361 e. The van der Waals surface area contributed by atoms with E-state index in [4.69, 9.17) is 0 Å². The first-order chi connectivity index (χ1) is 13.8. The molecule has 6 heteroatoms. The number of H-pyrrole nitrogens is 1. The van der Waals surface area contributed by atoms with Crippen LogP contribution in [0.3, 0.4) is 0 Å². The number of aromatic nitrogens is 1. The van der Waals surface area contributed by atoms with Crippen LogP contribution in [0.1, 0.15) is 51.2 Å². The number of amides is 3. The Morgan fingerprint density at radius 2 is 2.00 bits per heavy atom. The maximum Gasteiger partial charge on any atom is 0.324 e. The van der Waals surface area contributed by atoms with Crippen LogP contribution in [0, 0.1) is 5.92 Å². The van der Waals surface area contributed by atoms with Crippen LogP contribution in [-0.4, -0.2) is 58.4 Å². The van der Waals surface area contributed by atoms with Crippen molar-refractivity contribution in [2.45, 2.75) is 64.6 Å². The van der Waals surface area contributed by atoms with E-state index in [9.17, 15) is 9.59 Å². The molecular formula is C23H32N4O2. The minimum atomic E-state index is -0.288. The molecule has 1 saturated heterocycles. The number of hydrogen-bond acceptors (Lipinski definition) is 3. The molecule has 1 aliphatic heterocycles. The van der Waals surface area contributed by atoms with E-state index in [1.807, 2.05) is 27.7 Å². The first-order valence-corrected chi connectivity index (χ1v) is 10.7. The Hall–Kier alpha value is -2.34. The third kappa shape index (κ3) is 3.44. The number of carbonyl (C=O) groups is 2. The predicted molar refractivity (Wildman–Crippen MR) is 115 cm³/mol. The number of rotatable bonds is 3. The number of urea groups is 1. The van der Waals surface area contributed by atoms with Crippen molar-refractivity contribution < 1.29 is 9.59 Å². The van der Waals surface area contributed by atoms with Gasteiger partial charge in [-0.3, -0.25) is 9.69 Å². The zero-order valence-electron chi connectivity index (χ0n) is 18.0. The molecule has 0 bridgehead atoms. The highest BCUT2D eigenvalue weighted by Gasteiger charge is 2.43. The standard InChI is InChI=1S/C23H32N4O2/c1-13(2)25-23(29)27(14(3)4)22(28)16-9-18-17-7-6-8-19-21(17)15(11-24-19)10-20(18)26(5)12-16/h6-8,11,13-14,16,18,20,24H,9-10,12H2,1-5H3,(H,25,29)/t16-,18-,20-/m1/s1. The number of piperidine rings is 1. The molecule has 6 nitrogen and oxygen atoms in total. The maximum atomic E-state index is 13.5. The molecule has 0 saturated carbocycles. The molecule has 29 heavy (non-hydrogen) atoms. The number of carbonyl (C=O) groups excluding carboxylic acids is 2. The van der Waals surface area contributed by atoms with E-state index < -0.39 is 0 Å². The SMILES string of the molecule is CC(C)NC(=O)N(C(=O)[C@@H]1C[C@@H]2c3cccc4[nH]cc(c34)C[C@H]2N(C)C1)C(C)C. The fraction of sp³-hybridized carbons (Fsp3) is 0.565. The van der Waals surface area contributed by atoms with Gasteiger partial charge in [0.15, 0.2) is 0 Å². The molecule has 4 rings (SSSR count). The van der Waals surface area contributed by atoms with Gasteiger partial charge in [0.1, 0.15) is 0 Å². The van der Waals surface area contributed by atoms with E-state index in [0.29, 0.717) is 18.5 Å². The van der Waals surface area contributed by atoms with Crippen molar-refractivity contribution in [3.63, 3.8) is 0 Å². The van der Waals surface area contributed by atoms with Crippen LogP contribution in [0.4, 0.5) is 4.79 Å². The van der Waals surface area contributed by atoms with E-state index in [2.05, 4.69) is 46.6 Å². The Kier molecular flexibility index (Phi) is 5.15. The summed E-state index contributed by atoms with van der Waals surface area (Å²) < 4.78 is 0. The van der Waals surface area contributed by atoms with Crippen molar-refractivity contribution in [1.82, 2.24) is 20.1 Å². The lowest BCUT2D eigenvalue weighted by Crippen LogP contribution is -2.56. The monoisotopic (exact) mass is 396 g/mol. The highest BCUT2D eigenvalue weighted by Crippen LogP contribution is 2.44. The first-order valence-electron chi connectivity index (χ1n) is 10.7. The van der Waals surface area contributed by atoms with Gasteiger partial charge in [0, 0.05) is 47.7 Å². The number of aromatic amines is 1. The summed E-state index contributed by atoms with van der Waals surface area (Å²) in [5.41, 5.74) is 3.88. The van der Waals surface area contributed by atoms with Crippen LogP contribution in [0.25, 0.3) is 10.9 Å². The molecule has 0 unspecified atom stereocenters. The van der Waals surface area contributed by atoms with Gasteiger partial charge in [0.25, 0.3) is 0 Å². The van der Waals surface area contributed by atoms with Crippen molar-refractivity contribution in [3.05, 3.63) is 35.5 Å². The molecular weight excluding hydrogens is 364 g/mol. The summed E-state index contributed by atoms with van der Waals surface area (Å²) in [5.74, 6) is 0.0599. The molecule has 1 aromatic heterocycles. The highest BCUT2D eigenvalue weighted by atomic mass is 16.2. The van der Waals surface area contributed by atoms with E-state index in [1.165, 1.54) is 26.9 Å². The molecule has 2 heterocycles. The van der Waals surface area contributed by atoms with Gasteiger partial charge in [-0.1, -0.05) is 12.1 Å². The predicted octanol–water partition coefficient (Wildman–Crippen LogP) is 3.48. The van der Waals surface area contributed by atoms with Gasteiger partial charge < -0.3 is 15.2 Å². The van der Waals surface area contributed by atoms with Gasteiger partial charge in [0.05, 0.1) is 5.92 Å². The van der Waals surface area contributed by atoms with Crippen LogP contribution in [0.5, 0.6) is 0 Å². The number of likely N-dealkylation sites (tertiary alicyclic amines) is 1. The smallest absolute Gasteiger partial charge is 0.324 e. The second kappa shape index (κ2) is 7.48. The number of imide groups is 1. The summed E-state index contributed by atoms with van der Waals surface area (Å²) >= 11 is 0. The van der Waals surface area contributed by atoms with Crippen LogP contribution < -0.4 is 5.32 Å². The number of hydrogen-bond donors (Lipinski definition) is 2. The Bertz CT molecular complexity index is 932. The lowest BCUT2D eigenvalue weighted by Gasteiger charge is -2.46. The molecule has 2 aromatic rings. The summed E-state index contributed by atoms with van der Waals surface area (Å²) in [4.78, 5) is 33.3. The van der Waals surface area contributed by atoms with Crippen LogP contribution >= 0.6 is 0 Å². The largest absolute Gasteiger partial charge is 0.361 e. The average molecular weight is 397 g/mol. The number of nitrogens with one attached hydrogen (secondary N) is 2. The number of benzene rings is 1. The molecule has 0 radical (unpaired) electrons. The molecule has 1 aliphatic carbocycles. The fourth-order valence-electron chi connectivity index (χ4n) is 5.22. The minimum absolute atomic E-state index is 0.00193. The molecule has 156 valence electrons. The lowest BCUT2D eigenvalue weighted by molar-refractivity contribution is -0.136. The van der Waals surface area contributed by atoms with Crippen molar-refractivity contribution in [2.24, 2.45) is 5.92 Å². The van der Waals surface area contributed by atoms with Crippen molar-refractivity contribution >= 4 is 22.8 Å². The summed E-state index contributed by atoms with van der Waals surface area (Å²) in [5, 5.41) is 4.21. The van der Waals surface area contributed by atoms with Crippen LogP contribution in [0.2, 0.25) is 0 Å². The summed E-state index contributed by atoms with van der Waals surface area (Å²) in [6.07, 6.45) is 3.92. The molecule has 2 N–H and O–H groups in total. The average Bonchev–Trinajstić information content (AvgIpc) is 3.06. The topological polar surface area (TPSA) is 68.4 Å². The van der Waals surface area contributed by atoms with E-state index in [-0.39, 0.29) is 29.9 Å². The molecule has 1 fully saturated rings. The molecule has 3 atom stereocenters. The van der Waals surface area contributed by atoms with Gasteiger partial charge >= 0.3 is 6.03 Å². The van der Waals surface area contributed by atoms with Crippen molar-refractivity contribution in [2.75, 3.05) is 13.6 Å². The Morgan fingerprint density at radius 3 is 2.69 bits per heavy atom. The normalized spacial score (nSPS) is 24.0. The quantitative estimate of drug-likeness (QED) is 0.835. The zero-order chi connectivity index (χ0) is 20.9. The van der Waals surface area contributed by atoms with Gasteiger partial charge in [-0.25, -0.2) is 4.79 Å². The Morgan fingerprint density at radius 1 is 1.24 bits per heavy atom. The molecule has 0 spiro atoms. The van der Waals surface area contributed by atoms with Crippen LogP contribution in [-0.2, 0) is 11.2 Å². The second-order valence-corrected chi connectivity index (χ2v) is 9.24. The van der Waals surface area contributed by atoms with Gasteiger partial charge in [0.2, 0.25) is 5.91 Å². The summed E-state index contributed by atoms with van der Waals surface area (Å²) in [7, 11) is 2.11. The third-order valence-electron chi connectivity index (χ3n) is 6.46. The fourth-order valence-corrected chi connectivity index (χ4v) is 5.22. The van der Waals surface area contributed by atoms with Gasteiger partial charge in [-0.15, -0.1) is 0 Å². The molecule has 3 amide bonds. The van der Waals surface area contributed by atoms with Gasteiger partial charge in [-0.2, -0.15) is 0 Å². The Labute approximate surface area is 172 Å². The Balaban J connectivity index is 1.63. The van der Waals surface area contributed by atoms with E-state index in [1.54, 1.807) is 0 Å². The molecule has 2 aliphatic rings. The number of fused-ring (bicyclic) bond motifs is 2. The molecule has 1 aromatic carbocycles.